The van der Waals surface area contributed by atoms with Crippen LogP contribution in [-0.4, -0.2) is 80.2 Å². The standard InChI is InChI=1S/C13H27N3O.C2H6O/c1-4-7-16(10-12(11-17)14-2)13-5-8-15(3)9-6-13;1-2-3/h11-14H,4-10H2,1-3H3;3H,2H2,1H3. The minimum absolute atomic E-state index is 0.0267. The number of nitrogens with zero attached hydrogens (tertiary/aromatic N) is 2. The number of piperidine rings is 1. The second-order valence-corrected chi connectivity index (χ2v) is 5.38. The van der Waals surface area contributed by atoms with Crippen LogP contribution < -0.4 is 5.32 Å². The van der Waals surface area contributed by atoms with Crippen molar-refractivity contribution in [2.45, 2.75) is 45.2 Å². The molecule has 1 heterocycles. The van der Waals surface area contributed by atoms with E-state index < -0.39 is 0 Å². The summed E-state index contributed by atoms with van der Waals surface area (Å²) in [7, 11) is 4.04. The Morgan fingerprint density at radius 3 is 2.35 bits per heavy atom. The molecular formula is C15H33N3O2. The minimum Gasteiger partial charge on any atom is -0.397 e. The Morgan fingerprint density at radius 1 is 1.40 bits per heavy atom. The number of carbonyl (C=O) groups excluding carboxylic acids is 1. The summed E-state index contributed by atoms with van der Waals surface area (Å²) in [5.74, 6) is 0. The molecule has 0 aromatic rings. The first-order chi connectivity index (χ1) is 9.62. The molecule has 0 aromatic carbocycles. The van der Waals surface area contributed by atoms with Crippen molar-refractivity contribution in [2.24, 2.45) is 0 Å². The molecule has 0 radical (unpaired) electrons. The predicted octanol–water partition coefficient (Wildman–Crippen LogP) is 0.578. The molecule has 0 aliphatic carbocycles. The Labute approximate surface area is 124 Å². The van der Waals surface area contributed by atoms with Gasteiger partial charge in [0.2, 0.25) is 0 Å². The number of aliphatic hydroxyl groups excluding tert-OH is 1. The maximum atomic E-state index is 10.9. The van der Waals surface area contributed by atoms with Gasteiger partial charge in [0.15, 0.2) is 0 Å². The van der Waals surface area contributed by atoms with E-state index in [1.54, 1.807) is 6.92 Å². The van der Waals surface area contributed by atoms with Gasteiger partial charge in [0.25, 0.3) is 0 Å². The average molecular weight is 287 g/mol. The lowest BCUT2D eigenvalue weighted by atomic mass is 10.0. The summed E-state index contributed by atoms with van der Waals surface area (Å²) < 4.78 is 0. The van der Waals surface area contributed by atoms with E-state index >= 15 is 0 Å². The largest absolute Gasteiger partial charge is 0.397 e. The van der Waals surface area contributed by atoms with Crippen molar-refractivity contribution in [3.8, 4) is 0 Å². The lowest BCUT2D eigenvalue weighted by Crippen LogP contribution is -2.49. The Kier molecular flexibility index (Phi) is 12.0. The minimum atomic E-state index is -0.0267. The molecule has 120 valence electrons. The molecule has 1 unspecified atom stereocenters. The van der Waals surface area contributed by atoms with Gasteiger partial charge < -0.3 is 20.1 Å². The maximum Gasteiger partial charge on any atom is 0.138 e. The van der Waals surface area contributed by atoms with E-state index in [1.165, 1.54) is 25.9 Å². The molecule has 5 heteroatoms. The molecule has 1 rings (SSSR count). The number of likely N-dealkylation sites (N-methyl/N-ethyl adjacent to an activating group) is 1. The summed E-state index contributed by atoms with van der Waals surface area (Å²) in [6.07, 6.45) is 4.64. The zero-order chi connectivity index (χ0) is 15.4. The molecule has 1 aliphatic rings. The summed E-state index contributed by atoms with van der Waals surface area (Å²) in [6, 6.07) is 0.628. The van der Waals surface area contributed by atoms with Crippen LogP contribution in [0, 0.1) is 0 Å². The maximum absolute atomic E-state index is 10.9. The predicted molar refractivity (Wildman–Crippen MR) is 84.1 cm³/mol. The number of likely N-dealkylation sites (tertiary alicyclic amines) is 1. The lowest BCUT2D eigenvalue weighted by Gasteiger charge is -2.38. The van der Waals surface area contributed by atoms with Crippen molar-refractivity contribution < 1.29 is 9.90 Å². The van der Waals surface area contributed by atoms with E-state index in [0.29, 0.717) is 6.04 Å². The monoisotopic (exact) mass is 287 g/mol. The quantitative estimate of drug-likeness (QED) is 0.671. The third-order valence-electron chi connectivity index (χ3n) is 3.68. The van der Waals surface area contributed by atoms with E-state index in [-0.39, 0.29) is 12.6 Å². The van der Waals surface area contributed by atoms with Gasteiger partial charge in [-0.15, -0.1) is 0 Å². The molecular weight excluding hydrogens is 254 g/mol. The fraction of sp³-hybridized carbons (Fsp3) is 0.933. The second kappa shape index (κ2) is 12.3. The Morgan fingerprint density at radius 2 is 1.95 bits per heavy atom. The molecule has 1 aliphatic heterocycles. The van der Waals surface area contributed by atoms with Gasteiger partial charge in [-0.2, -0.15) is 0 Å². The van der Waals surface area contributed by atoms with Crippen molar-refractivity contribution in [3.63, 3.8) is 0 Å². The number of carbonyl (C=O) groups is 1. The van der Waals surface area contributed by atoms with Crippen LogP contribution in [0.4, 0.5) is 0 Å². The van der Waals surface area contributed by atoms with Crippen molar-refractivity contribution in [1.29, 1.82) is 0 Å². The lowest BCUT2D eigenvalue weighted by molar-refractivity contribution is -0.110. The molecule has 2 N–H and O–H groups in total. The second-order valence-electron chi connectivity index (χ2n) is 5.38. The summed E-state index contributed by atoms with van der Waals surface area (Å²) >= 11 is 0. The Balaban J connectivity index is 0.00000110. The molecule has 0 bridgehead atoms. The molecule has 1 atom stereocenters. The van der Waals surface area contributed by atoms with Gasteiger partial charge in [0.05, 0.1) is 6.04 Å². The van der Waals surface area contributed by atoms with Crippen molar-refractivity contribution >= 4 is 6.29 Å². The Hall–Kier alpha value is -0.490. The van der Waals surface area contributed by atoms with Crippen LogP contribution in [0.2, 0.25) is 0 Å². The van der Waals surface area contributed by atoms with E-state index in [0.717, 1.165) is 25.8 Å². The van der Waals surface area contributed by atoms with Gasteiger partial charge in [-0.25, -0.2) is 0 Å². The number of hydrogen-bond acceptors (Lipinski definition) is 5. The van der Waals surface area contributed by atoms with Crippen molar-refractivity contribution in [3.05, 3.63) is 0 Å². The van der Waals surface area contributed by atoms with E-state index in [2.05, 4.69) is 29.1 Å². The smallest absolute Gasteiger partial charge is 0.138 e. The zero-order valence-corrected chi connectivity index (χ0v) is 13.6. The fourth-order valence-corrected chi connectivity index (χ4v) is 2.53. The summed E-state index contributed by atoms with van der Waals surface area (Å²) in [5.41, 5.74) is 0. The number of aliphatic hydroxyl groups is 1. The molecule has 20 heavy (non-hydrogen) atoms. The highest BCUT2D eigenvalue weighted by Gasteiger charge is 2.24. The van der Waals surface area contributed by atoms with Crippen LogP contribution in [0.1, 0.15) is 33.1 Å². The summed E-state index contributed by atoms with van der Waals surface area (Å²) in [6.45, 7) is 8.44. The first-order valence-corrected chi connectivity index (χ1v) is 7.78. The third-order valence-corrected chi connectivity index (χ3v) is 3.68. The number of aldehydes is 1. The first-order valence-electron chi connectivity index (χ1n) is 7.78. The normalized spacial score (nSPS) is 18.5. The van der Waals surface area contributed by atoms with Gasteiger partial charge in [0, 0.05) is 19.2 Å². The molecule has 1 saturated heterocycles. The van der Waals surface area contributed by atoms with Crippen LogP contribution in [0.25, 0.3) is 0 Å². The van der Waals surface area contributed by atoms with Gasteiger partial charge in [-0.05, 0) is 59.9 Å². The first kappa shape index (κ1) is 19.5. The Bertz CT molecular complexity index is 231. The number of hydrogen-bond donors (Lipinski definition) is 2. The van der Waals surface area contributed by atoms with Crippen LogP contribution in [0.5, 0.6) is 0 Å². The van der Waals surface area contributed by atoms with Crippen LogP contribution in [0.15, 0.2) is 0 Å². The van der Waals surface area contributed by atoms with Gasteiger partial charge in [-0.1, -0.05) is 6.92 Å². The summed E-state index contributed by atoms with van der Waals surface area (Å²) in [4.78, 5) is 15.8. The summed E-state index contributed by atoms with van der Waals surface area (Å²) in [5, 5.41) is 10.6. The van der Waals surface area contributed by atoms with Crippen LogP contribution >= 0.6 is 0 Å². The average Bonchev–Trinajstić information content (AvgIpc) is 2.45. The topological polar surface area (TPSA) is 55.8 Å². The molecule has 0 aromatic heterocycles. The van der Waals surface area contributed by atoms with E-state index in [1.807, 2.05) is 7.05 Å². The van der Waals surface area contributed by atoms with E-state index in [9.17, 15) is 4.79 Å². The van der Waals surface area contributed by atoms with Gasteiger partial charge in [0.1, 0.15) is 6.29 Å². The highest BCUT2D eigenvalue weighted by Crippen LogP contribution is 2.16. The zero-order valence-electron chi connectivity index (χ0n) is 13.6. The molecule has 0 amide bonds. The molecule has 0 spiro atoms. The molecule has 0 saturated carbocycles. The fourth-order valence-electron chi connectivity index (χ4n) is 2.53. The van der Waals surface area contributed by atoms with Crippen molar-refractivity contribution in [1.82, 2.24) is 15.1 Å². The number of nitrogens with one attached hydrogen (secondary N) is 1. The molecule has 1 fully saturated rings. The highest BCUT2D eigenvalue weighted by atomic mass is 16.2. The van der Waals surface area contributed by atoms with E-state index in [4.69, 9.17) is 5.11 Å². The van der Waals surface area contributed by atoms with Gasteiger partial charge in [-0.3, -0.25) is 4.90 Å². The number of rotatable bonds is 7. The SMILES string of the molecule is CCCN(CC(C=O)NC)C1CCN(C)CC1.CCO. The highest BCUT2D eigenvalue weighted by molar-refractivity contribution is 5.57. The van der Waals surface area contributed by atoms with Crippen molar-refractivity contribution in [2.75, 3.05) is 46.9 Å². The van der Waals surface area contributed by atoms with Crippen LogP contribution in [0.3, 0.4) is 0 Å². The van der Waals surface area contributed by atoms with Gasteiger partial charge >= 0.3 is 0 Å². The molecule has 5 nitrogen and oxygen atoms in total. The third kappa shape index (κ3) is 7.94. The van der Waals surface area contributed by atoms with Crippen LogP contribution in [-0.2, 0) is 4.79 Å².